The van der Waals surface area contributed by atoms with Gasteiger partial charge in [-0.05, 0) is 54.2 Å². The zero-order valence-electron chi connectivity index (χ0n) is 9.22. The van der Waals surface area contributed by atoms with Gasteiger partial charge in [0.15, 0.2) is 0 Å². The predicted molar refractivity (Wildman–Crippen MR) is 64.1 cm³/mol. The van der Waals surface area contributed by atoms with E-state index in [1.165, 1.54) is 12.8 Å². The van der Waals surface area contributed by atoms with Crippen molar-refractivity contribution >= 4 is 11.3 Å². The van der Waals surface area contributed by atoms with Gasteiger partial charge in [0.2, 0.25) is 0 Å². The fraction of sp³-hybridized carbons (Fsp3) is 0.667. The Morgan fingerprint density at radius 1 is 1.53 bits per heavy atom. The van der Waals surface area contributed by atoms with Gasteiger partial charge in [-0.1, -0.05) is 6.92 Å². The van der Waals surface area contributed by atoms with Crippen molar-refractivity contribution in [2.75, 3.05) is 19.6 Å². The van der Waals surface area contributed by atoms with Gasteiger partial charge in [-0.25, -0.2) is 0 Å². The Morgan fingerprint density at radius 2 is 2.27 bits per heavy atom. The van der Waals surface area contributed by atoms with E-state index in [1.807, 2.05) is 16.8 Å². The molecule has 0 amide bonds. The average molecular weight is 225 g/mol. The minimum atomic E-state index is -0.301. The number of likely N-dealkylation sites (tertiary alicyclic amines) is 1. The summed E-state index contributed by atoms with van der Waals surface area (Å²) in [5.74, 6) is 0.861. The van der Waals surface area contributed by atoms with E-state index in [-0.39, 0.29) is 6.10 Å². The molecule has 1 atom stereocenters. The third-order valence-electron chi connectivity index (χ3n) is 3.24. The lowest BCUT2D eigenvalue weighted by Gasteiger charge is -2.31. The third kappa shape index (κ3) is 3.03. The summed E-state index contributed by atoms with van der Waals surface area (Å²) >= 11 is 1.65. The Bertz CT molecular complexity index is 278. The van der Waals surface area contributed by atoms with Gasteiger partial charge in [-0.2, -0.15) is 11.3 Å². The summed E-state index contributed by atoms with van der Waals surface area (Å²) in [6.45, 7) is 5.39. The van der Waals surface area contributed by atoms with Crippen molar-refractivity contribution in [3.8, 4) is 0 Å². The first-order valence-corrected chi connectivity index (χ1v) is 6.62. The number of nitrogens with zero attached hydrogens (tertiary/aromatic N) is 1. The Hall–Kier alpha value is -0.380. The highest BCUT2D eigenvalue weighted by atomic mass is 32.1. The maximum Gasteiger partial charge on any atom is 0.0924 e. The Kier molecular flexibility index (Phi) is 3.78. The van der Waals surface area contributed by atoms with Gasteiger partial charge in [-0.3, -0.25) is 0 Å². The lowest BCUT2D eigenvalue weighted by Crippen LogP contribution is -2.35. The molecule has 0 bridgehead atoms. The molecular formula is C12H19NOS. The molecule has 0 saturated carbocycles. The number of aliphatic hydroxyl groups is 1. The molecule has 1 unspecified atom stereocenters. The van der Waals surface area contributed by atoms with E-state index in [0.717, 1.165) is 31.1 Å². The Balaban J connectivity index is 1.82. The molecule has 0 aromatic carbocycles. The minimum absolute atomic E-state index is 0.301. The molecule has 2 heterocycles. The first-order valence-electron chi connectivity index (χ1n) is 5.68. The second kappa shape index (κ2) is 5.10. The Labute approximate surface area is 95.5 Å². The highest BCUT2D eigenvalue weighted by Gasteiger charge is 2.18. The van der Waals surface area contributed by atoms with Crippen molar-refractivity contribution < 1.29 is 5.11 Å². The number of thiophene rings is 1. The van der Waals surface area contributed by atoms with E-state index in [4.69, 9.17) is 0 Å². The maximum atomic E-state index is 9.99. The molecule has 0 spiro atoms. The molecule has 15 heavy (non-hydrogen) atoms. The van der Waals surface area contributed by atoms with Crippen LogP contribution >= 0.6 is 11.3 Å². The molecule has 1 fully saturated rings. The second-order valence-corrected chi connectivity index (χ2v) is 5.34. The van der Waals surface area contributed by atoms with Crippen LogP contribution in [0.5, 0.6) is 0 Å². The molecule has 1 aromatic rings. The lowest BCUT2D eigenvalue weighted by atomic mass is 9.99. The number of piperidine rings is 1. The van der Waals surface area contributed by atoms with Crippen molar-refractivity contribution in [1.29, 1.82) is 0 Å². The monoisotopic (exact) mass is 225 g/mol. The highest BCUT2D eigenvalue weighted by Crippen LogP contribution is 2.21. The summed E-state index contributed by atoms with van der Waals surface area (Å²) in [6.07, 6.45) is 2.25. The molecule has 0 aliphatic carbocycles. The van der Waals surface area contributed by atoms with Crippen molar-refractivity contribution in [3.05, 3.63) is 22.4 Å². The number of hydrogen-bond donors (Lipinski definition) is 1. The number of aliphatic hydroxyl groups excluding tert-OH is 1. The van der Waals surface area contributed by atoms with Crippen LogP contribution in [0.25, 0.3) is 0 Å². The zero-order chi connectivity index (χ0) is 10.7. The molecule has 1 aromatic heterocycles. The molecule has 84 valence electrons. The third-order valence-corrected chi connectivity index (χ3v) is 3.94. The van der Waals surface area contributed by atoms with Crippen LogP contribution in [0.3, 0.4) is 0 Å². The fourth-order valence-electron chi connectivity index (χ4n) is 2.06. The molecule has 2 nitrogen and oxygen atoms in total. The van der Waals surface area contributed by atoms with Crippen LogP contribution in [0.15, 0.2) is 16.8 Å². The molecule has 3 heteroatoms. The summed E-state index contributed by atoms with van der Waals surface area (Å²) in [5.41, 5.74) is 1.07. The minimum Gasteiger partial charge on any atom is -0.387 e. The van der Waals surface area contributed by atoms with Crippen LogP contribution in [0, 0.1) is 5.92 Å². The van der Waals surface area contributed by atoms with Crippen molar-refractivity contribution in [2.24, 2.45) is 5.92 Å². The summed E-state index contributed by atoms with van der Waals surface area (Å²) in [5, 5.41) is 14.1. The number of rotatable bonds is 3. The smallest absolute Gasteiger partial charge is 0.0924 e. The van der Waals surface area contributed by atoms with Gasteiger partial charge in [0, 0.05) is 6.54 Å². The van der Waals surface area contributed by atoms with E-state index in [9.17, 15) is 5.11 Å². The zero-order valence-corrected chi connectivity index (χ0v) is 10.0. The second-order valence-electron chi connectivity index (χ2n) is 4.56. The normalized spacial score (nSPS) is 21.7. The molecule has 1 aliphatic heterocycles. The SMILES string of the molecule is CC1CCN(CC(O)c2ccsc2)CC1. The Morgan fingerprint density at radius 3 is 2.87 bits per heavy atom. The predicted octanol–water partition coefficient (Wildman–Crippen LogP) is 2.51. The molecule has 0 radical (unpaired) electrons. The quantitative estimate of drug-likeness (QED) is 0.854. The first-order chi connectivity index (χ1) is 7.25. The molecule has 1 N–H and O–H groups in total. The van der Waals surface area contributed by atoms with E-state index < -0.39 is 0 Å². The fourth-order valence-corrected chi connectivity index (χ4v) is 2.77. The topological polar surface area (TPSA) is 23.5 Å². The number of β-amino-alcohol motifs (C(OH)–C–C–N with tert-alkyl or cyclic N) is 1. The van der Waals surface area contributed by atoms with Crippen LogP contribution in [0.4, 0.5) is 0 Å². The van der Waals surface area contributed by atoms with E-state index in [1.54, 1.807) is 11.3 Å². The van der Waals surface area contributed by atoms with Crippen LogP contribution in [0.1, 0.15) is 31.4 Å². The van der Waals surface area contributed by atoms with Gasteiger partial charge in [0.05, 0.1) is 6.10 Å². The largest absolute Gasteiger partial charge is 0.387 e. The van der Waals surface area contributed by atoms with E-state index in [0.29, 0.717) is 0 Å². The average Bonchev–Trinajstić information content (AvgIpc) is 2.74. The summed E-state index contributed by atoms with van der Waals surface area (Å²) in [7, 11) is 0. The van der Waals surface area contributed by atoms with Gasteiger partial charge < -0.3 is 10.0 Å². The first kappa shape index (κ1) is 11.1. The summed E-state index contributed by atoms with van der Waals surface area (Å²) in [6, 6.07) is 2.02. The maximum absolute atomic E-state index is 9.99. The lowest BCUT2D eigenvalue weighted by molar-refractivity contribution is 0.0919. The summed E-state index contributed by atoms with van der Waals surface area (Å²) < 4.78 is 0. The van der Waals surface area contributed by atoms with Gasteiger partial charge in [0.25, 0.3) is 0 Å². The van der Waals surface area contributed by atoms with E-state index >= 15 is 0 Å². The molecule has 1 saturated heterocycles. The van der Waals surface area contributed by atoms with Crippen molar-refractivity contribution in [1.82, 2.24) is 4.90 Å². The standard InChI is InChI=1S/C12H19NOS/c1-10-2-5-13(6-3-10)8-12(14)11-4-7-15-9-11/h4,7,9-10,12,14H,2-3,5-6,8H2,1H3. The van der Waals surface area contributed by atoms with E-state index in [2.05, 4.69) is 11.8 Å². The van der Waals surface area contributed by atoms with Gasteiger partial charge in [-0.15, -0.1) is 0 Å². The molecule has 2 rings (SSSR count). The van der Waals surface area contributed by atoms with Crippen LogP contribution in [-0.4, -0.2) is 29.6 Å². The summed E-state index contributed by atoms with van der Waals surface area (Å²) in [4.78, 5) is 2.38. The molecule has 1 aliphatic rings. The van der Waals surface area contributed by atoms with Crippen molar-refractivity contribution in [2.45, 2.75) is 25.9 Å². The van der Waals surface area contributed by atoms with Crippen molar-refractivity contribution in [3.63, 3.8) is 0 Å². The van der Waals surface area contributed by atoms with Crippen LogP contribution in [-0.2, 0) is 0 Å². The van der Waals surface area contributed by atoms with Crippen LogP contribution < -0.4 is 0 Å². The number of hydrogen-bond acceptors (Lipinski definition) is 3. The molecular weight excluding hydrogens is 206 g/mol. The highest BCUT2D eigenvalue weighted by molar-refractivity contribution is 7.07. The van der Waals surface area contributed by atoms with Gasteiger partial charge in [0.1, 0.15) is 0 Å². The van der Waals surface area contributed by atoms with Gasteiger partial charge >= 0.3 is 0 Å². The van der Waals surface area contributed by atoms with Crippen LogP contribution in [0.2, 0.25) is 0 Å².